The fourth-order valence-electron chi connectivity index (χ4n) is 1.92. The van der Waals surface area contributed by atoms with E-state index in [0.29, 0.717) is 0 Å². The number of aryl methyl sites for hydroxylation is 1. The third-order valence-corrected chi connectivity index (χ3v) is 4.04. The Balaban J connectivity index is 2.19. The van der Waals surface area contributed by atoms with Gasteiger partial charge in [-0.25, -0.2) is 4.39 Å². The number of nitrogens with zero attached hydrogens (tertiary/aromatic N) is 2. The number of halogens is 5. The Morgan fingerprint density at radius 1 is 1.35 bits per heavy atom. The maximum absolute atomic E-state index is 13.6. The van der Waals surface area contributed by atoms with Crippen LogP contribution in [-0.2, 0) is 17.5 Å². The lowest BCUT2D eigenvalue weighted by Gasteiger charge is -2.08. The van der Waals surface area contributed by atoms with Gasteiger partial charge in [-0.05, 0) is 47.5 Å². The van der Waals surface area contributed by atoms with Gasteiger partial charge in [-0.1, -0.05) is 6.07 Å². The fourth-order valence-corrected chi connectivity index (χ4v) is 2.43. The lowest BCUT2D eigenvalue weighted by molar-refractivity contribution is -0.142. The second-order valence-corrected chi connectivity index (χ2v) is 5.73. The van der Waals surface area contributed by atoms with Gasteiger partial charge in [0.25, 0.3) is 0 Å². The van der Waals surface area contributed by atoms with Crippen molar-refractivity contribution in [1.29, 1.82) is 0 Å². The van der Waals surface area contributed by atoms with E-state index in [4.69, 9.17) is 0 Å². The van der Waals surface area contributed by atoms with Crippen molar-refractivity contribution in [3.63, 3.8) is 0 Å². The Morgan fingerprint density at radius 3 is 2.57 bits per heavy atom. The molecule has 0 fully saturated rings. The molecule has 4 nitrogen and oxygen atoms in total. The van der Waals surface area contributed by atoms with Gasteiger partial charge in [-0.15, -0.1) is 0 Å². The molecule has 0 radical (unpaired) electrons. The number of hydrogen-bond acceptors (Lipinski definition) is 2. The first-order chi connectivity index (χ1) is 10.6. The van der Waals surface area contributed by atoms with Crippen molar-refractivity contribution in [2.24, 2.45) is 0 Å². The third kappa shape index (κ3) is 3.90. The summed E-state index contributed by atoms with van der Waals surface area (Å²) in [7, 11) is 0. The Bertz CT molecular complexity index is 755. The number of benzene rings is 1. The molecule has 0 bridgehead atoms. The van der Waals surface area contributed by atoms with Crippen LogP contribution in [0.2, 0.25) is 0 Å². The maximum atomic E-state index is 13.6. The predicted molar refractivity (Wildman–Crippen MR) is 79.4 cm³/mol. The van der Waals surface area contributed by atoms with Crippen LogP contribution >= 0.6 is 15.9 Å². The van der Waals surface area contributed by atoms with Crippen LogP contribution in [0.25, 0.3) is 0 Å². The van der Waals surface area contributed by atoms with Crippen LogP contribution in [0.1, 0.15) is 17.0 Å². The minimum absolute atomic E-state index is 0.0325. The number of hydrogen-bond donors (Lipinski definition) is 1. The van der Waals surface area contributed by atoms with E-state index in [1.807, 2.05) is 0 Å². The minimum atomic E-state index is -4.63. The molecule has 0 aliphatic carbocycles. The first-order valence-electron chi connectivity index (χ1n) is 6.45. The number of aromatic nitrogens is 2. The lowest BCUT2D eigenvalue weighted by atomic mass is 10.2. The number of amides is 1. The molecule has 1 heterocycles. The molecule has 0 aliphatic heterocycles. The van der Waals surface area contributed by atoms with Gasteiger partial charge in [-0.3, -0.25) is 9.48 Å². The van der Waals surface area contributed by atoms with Gasteiger partial charge in [0, 0.05) is 0 Å². The highest BCUT2D eigenvalue weighted by atomic mass is 79.9. The van der Waals surface area contributed by atoms with Crippen molar-refractivity contribution in [3.05, 3.63) is 45.4 Å². The Kier molecular flexibility index (Phi) is 4.79. The van der Waals surface area contributed by atoms with E-state index in [-0.39, 0.29) is 15.9 Å². The second-order valence-electron chi connectivity index (χ2n) is 4.93. The molecular weight excluding hydrogens is 382 g/mol. The molecule has 23 heavy (non-hydrogen) atoms. The molecule has 0 atom stereocenters. The molecule has 0 saturated heterocycles. The van der Waals surface area contributed by atoms with E-state index in [1.54, 1.807) is 6.92 Å². The van der Waals surface area contributed by atoms with Gasteiger partial charge >= 0.3 is 6.18 Å². The summed E-state index contributed by atoms with van der Waals surface area (Å²) < 4.78 is 52.6. The SMILES string of the molecule is Cc1ccc(F)c(NC(=O)Cn2nc(C(F)(F)F)c(Br)c2C)c1. The first-order valence-corrected chi connectivity index (χ1v) is 7.25. The number of carbonyl (C=O) groups excluding carboxylic acids is 1. The molecule has 0 unspecified atom stereocenters. The summed E-state index contributed by atoms with van der Waals surface area (Å²) in [4.78, 5) is 11.9. The van der Waals surface area contributed by atoms with Crippen molar-refractivity contribution >= 4 is 27.5 Å². The number of rotatable bonds is 3. The van der Waals surface area contributed by atoms with E-state index < -0.39 is 30.1 Å². The standard InChI is InChI=1S/C14H12BrF4N3O/c1-7-3-4-9(16)10(5-7)20-11(23)6-22-8(2)12(15)13(21-22)14(17,18)19/h3-5H,6H2,1-2H3,(H,20,23). The number of nitrogens with one attached hydrogen (secondary N) is 1. The van der Waals surface area contributed by atoms with Gasteiger partial charge in [-0.2, -0.15) is 18.3 Å². The van der Waals surface area contributed by atoms with Crippen LogP contribution in [0.3, 0.4) is 0 Å². The molecular formula is C14H12BrF4N3O. The van der Waals surface area contributed by atoms with Gasteiger partial charge in [0.05, 0.1) is 15.9 Å². The van der Waals surface area contributed by atoms with Gasteiger partial charge in [0.1, 0.15) is 12.4 Å². The zero-order valence-corrected chi connectivity index (χ0v) is 13.7. The Hall–Kier alpha value is -1.90. The van der Waals surface area contributed by atoms with Gasteiger partial charge < -0.3 is 5.32 Å². The smallest absolute Gasteiger partial charge is 0.322 e. The normalized spacial score (nSPS) is 11.6. The molecule has 2 aromatic rings. The molecule has 1 aromatic heterocycles. The molecule has 0 saturated carbocycles. The van der Waals surface area contributed by atoms with Crippen LogP contribution in [-0.4, -0.2) is 15.7 Å². The summed E-state index contributed by atoms with van der Waals surface area (Å²) in [5.74, 6) is -1.31. The zero-order chi connectivity index (χ0) is 17.4. The van der Waals surface area contributed by atoms with Crippen molar-refractivity contribution in [1.82, 2.24) is 9.78 Å². The Labute approximate surface area is 137 Å². The number of alkyl halides is 3. The molecule has 124 valence electrons. The Morgan fingerprint density at radius 2 is 2.00 bits per heavy atom. The monoisotopic (exact) mass is 393 g/mol. The van der Waals surface area contributed by atoms with Crippen molar-refractivity contribution in [3.8, 4) is 0 Å². The largest absolute Gasteiger partial charge is 0.436 e. The topological polar surface area (TPSA) is 46.9 Å². The van der Waals surface area contributed by atoms with Crippen LogP contribution in [0.15, 0.2) is 22.7 Å². The highest BCUT2D eigenvalue weighted by Crippen LogP contribution is 2.35. The maximum Gasteiger partial charge on any atom is 0.436 e. The van der Waals surface area contributed by atoms with Crippen LogP contribution in [0.5, 0.6) is 0 Å². The molecule has 1 aromatic carbocycles. The molecule has 2 rings (SSSR count). The molecule has 1 amide bonds. The molecule has 0 spiro atoms. The lowest BCUT2D eigenvalue weighted by Crippen LogP contribution is -2.21. The summed E-state index contributed by atoms with van der Waals surface area (Å²) in [6.07, 6.45) is -4.63. The quantitative estimate of drug-likeness (QED) is 0.799. The van der Waals surface area contributed by atoms with Gasteiger partial charge in [0.2, 0.25) is 5.91 Å². The van der Waals surface area contributed by atoms with Crippen LogP contribution in [0, 0.1) is 19.7 Å². The average Bonchev–Trinajstić information content (AvgIpc) is 2.71. The number of carbonyl (C=O) groups is 1. The van der Waals surface area contributed by atoms with Crippen molar-refractivity contribution in [2.45, 2.75) is 26.6 Å². The van der Waals surface area contributed by atoms with E-state index in [9.17, 15) is 22.4 Å². The van der Waals surface area contributed by atoms with E-state index in [2.05, 4.69) is 26.3 Å². The van der Waals surface area contributed by atoms with Crippen molar-refractivity contribution in [2.75, 3.05) is 5.32 Å². The van der Waals surface area contributed by atoms with E-state index in [1.165, 1.54) is 25.1 Å². The summed E-state index contributed by atoms with van der Waals surface area (Å²) >= 11 is 2.82. The zero-order valence-electron chi connectivity index (χ0n) is 12.1. The molecule has 9 heteroatoms. The summed E-state index contributed by atoms with van der Waals surface area (Å²) in [5, 5.41) is 5.72. The minimum Gasteiger partial charge on any atom is -0.322 e. The predicted octanol–water partition coefficient (Wildman–Crippen LogP) is 4.06. The van der Waals surface area contributed by atoms with E-state index >= 15 is 0 Å². The first kappa shape index (κ1) is 17.5. The van der Waals surface area contributed by atoms with Crippen LogP contribution < -0.4 is 5.32 Å². The molecule has 1 N–H and O–H groups in total. The van der Waals surface area contributed by atoms with Crippen LogP contribution in [0.4, 0.5) is 23.2 Å². The number of anilines is 1. The highest BCUT2D eigenvalue weighted by molar-refractivity contribution is 9.10. The summed E-state index contributed by atoms with van der Waals surface area (Å²) in [5.41, 5.74) is -0.254. The summed E-state index contributed by atoms with van der Waals surface area (Å²) in [6.45, 7) is 2.65. The molecule has 0 aliphatic rings. The van der Waals surface area contributed by atoms with E-state index in [0.717, 1.165) is 10.2 Å². The second kappa shape index (κ2) is 6.31. The average molecular weight is 394 g/mol. The van der Waals surface area contributed by atoms with Gasteiger partial charge in [0.15, 0.2) is 5.69 Å². The highest BCUT2D eigenvalue weighted by Gasteiger charge is 2.38. The summed E-state index contributed by atoms with van der Waals surface area (Å²) in [6, 6.07) is 4.16. The fraction of sp³-hybridized carbons (Fsp3) is 0.286. The third-order valence-electron chi connectivity index (χ3n) is 3.09. The van der Waals surface area contributed by atoms with Crippen molar-refractivity contribution < 1.29 is 22.4 Å².